The van der Waals surface area contributed by atoms with Gasteiger partial charge in [-0.15, -0.1) is 0 Å². The Bertz CT molecular complexity index is 310. The molecule has 2 unspecified atom stereocenters. The summed E-state index contributed by atoms with van der Waals surface area (Å²) in [5.74, 6) is 0. The lowest BCUT2D eigenvalue weighted by molar-refractivity contribution is 0.0171. The van der Waals surface area contributed by atoms with Gasteiger partial charge in [0.1, 0.15) is 0 Å². The quantitative estimate of drug-likeness (QED) is 0.753. The van der Waals surface area contributed by atoms with E-state index in [1.54, 1.807) is 4.68 Å². The smallest absolute Gasteiger partial charge is 0.0854 e. The molecule has 1 aromatic rings. The molecule has 1 rings (SSSR count). The monoisotopic (exact) mass is 212 g/mol. The van der Waals surface area contributed by atoms with Crippen LogP contribution in [0, 0.1) is 0 Å². The molecule has 0 aliphatic carbocycles. The predicted molar refractivity (Wildman–Crippen MR) is 58.6 cm³/mol. The van der Waals surface area contributed by atoms with Gasteiger partial charge in [-0.3, -0.25) is 4.68 Å². The maximum Gasteiger partial charge on any atom is 0.0854 e. The van der Waals surface area contributed by atoms with Crippen molar-refractivity contribution in [3.8, 4) is 0 Å². The number of nitrogens with zero attached hydrogens (tertiary/aromatic N) is 2. The van der Waals surface area contributed by atoms with Crippen molar-refractivity contribution in [1.82, 2.24) is 9.78 Å². The summed E-state index contributed by atoms with van der Waals surface area (Å²) in [4.78, 5) is 0. The summed E-state index contributed by atoms with van der Waals surface area (Å²) in [6.07, 6.45) is 0.568. The average molecular weight is 212 g/mol. The molecule has 15 heavy (non-hydrogen) atoms. The zero-order valence-corrected chi connectivity index (χ0v) is 9.64. The molecular weight excluding hydrogens is 192 g/mol. The number of rotatable bonds is 5. The molecule has 4 nitrogen and oxygen atoms in total. The molecule has 2 N–H and O–H groups in total. The highest BCUT2D eigenvalue weighted by molar-refractivity contribution is 5.11. The number of aryl methyl sites for hydroxylation is 2. The first-order valence-electron chi connectivity index (χ1n) is 5.46. The zero-order valence-electron chi connectivity index (χ0n) is 9.64. The second-order valence-corrected chi connectivity index (χ2v) is 3.85. The van der Waals surface area contributed by atoms with Crippen molar-refractivity contribution in [2.45, 2.75) is 45.3 Å². The van der Waals surface area contributed by atoms with E-state index in [2.05, 4.69) is 5.10 Å². The molecule has 0 aliphatic rings. The highest BCUT2D eigenvalue weighted by Gasteiger charge is 2.16. The normalized spacial score (nSPS) is 15.3. The van der Waals surface area contributed by atoms with Crippen LogP contribution in [0.15, 0.2) is 6.07 Å². The summed E-state index contributed by atoms with van der Waals surface area (Å²) < 4.78 is 1.77. The fourth-order valence-electron chi connectivity index (χ4n) is 1.56. The van der Waals surface area contributed by atoms with E-state index in [0.29, 0.717) is 12.8 Å². The van der Waals surface area contributed by atoms with E-state index in [9.17, 15) is 10.2 Å². The average Bonchev–Trinajstić information content (AvgIpc) is 2.58. The molecule has 4 heteroatoms. The van der Waals surface area contributed by atoms with Crippen LogP contribution in [0.4, 0.5) is 0 Å². The Labute approximate surface area is 90.5 Å². The minimum absolute atomic E-state index is 0.457. The van der Waals surface area contributed by atoms with Gasteiger partial charge in [0, 0.05) is 19.2 Å². The van der Waals surface area contributed by atoms with Gasteiger partial charge in [-0.25, -0.2) is 0 Å². The predicted octanol–water partition coefficient (Wildman–Crippen LogP) is 0.657. The zero-order chi connectivity index (χ0) is 11.4. The van der Waals surface area contributed by atoms with Crippen LogP contribution in [0.5, 0.6) is 0 Å². The molecule has 2 atom stereocenters. The molecule has 1 aromatic heterocycles. The minimum atomic E-state index is -0.699. The molecule has 0 saturated heterocycles. The van der Waals surface area contributed by atoms with Gasteiger partial charge in [-0.05, 0) is 18.9 Å². The molecule has 0 aromatic carbocycles. The largest absolute Gasteiger partial charge is 0.390 e. The lowest BCUT2D eigenvalue weighted by Gasteiger charge is -2.15. The lowest BCUT2D eigenvalue weighted by atomic mass is 10.1. The Morgan fingerprint density at radius 2 is 2.00 bits per heavy atom. The van der Waals surface area contributed by atoms with Gasteiger partial charge in [0.2, 0.25) is 0 Å². The van der Waals surface area contributed by atoms with E-state index in [1.165, 1.54) is 0 Å². The number of hydrogen-bond donors (Lipinski definition) is 2. The third kappa shape index (κ3) is 3.04. The first-order valence-corrected chi connectivity index (χ1v) is 5.46. The van der Waals surface area contributed by atoms with Crippen molar-refractivity contribution in [1.29, 1.82) is 0 Å². The van der Waals surface area contributed by atoms with Crippen molar-refractivity contribution in [3.63, 3.8) is 0 Å². The van der Waals surface area contributed by atoms with Gasteiger partial charge in [0.25, 0.3) is 0 Å². The number of aromatic nitrogens is 2. The van der Waals surface area contributed by atoms with Crippen LogP contribution in [-0.2, 0) is 19.9 Å². The van der Waals surface area contributed by atoms with Gasteiger partial charge >= 0.3 is 0 Å². The first-order chi connectivity index (χ1) is 7.08. The van der Waals surface area contributed by atoms with Crippen LogP contribution < -0.4 is 0 Å². The third-order valence-corrected chi connectivity index (χ3v) is 2.67. The standard InChI is InChI=1S/C11H20N2O2/c1-4-8-6-9(13(3)12-8)7-11(15)10(14)5-2/h6,10-11,14-15H,4-5,7H2,1-3H3. The molecule has 0 spiro atoms. The molecular formula is C11H20N2O2. The van der Waals surface area contributed by atoms with Gasteiger partial charge < -0.3 is 10.2 Å². The van der Waals surface area contributed by atoms with E-state index in [0.717, 1.165) is 17.8 Å². The fraction of sp³-hybridized carbons (Fsp3) is 0.727. The number of aliphatic hydroxyl groups excluding tert-OH is 2. The van der Waals surface area contributed by atoms with Gasteiger partial charge in [0.05, 0.1) is 17.9 Å². The highest BCUT2D eigenvalue weighted by Crippen LogP contribution is 2.10. The van der Waals surface area contributed by atoms with E-state index in [-0.39, 0.29) is 0 Å². The van der Waals surface area contributed by atoms with Crippen molar-refractivity contribution < 1.29 is 10.2 Å². The first kappa shape index (κ1) is 12.2. The fourth-order valence-corrected chi connectivity index (χ4v) is 1.56. The van der Waals surface area contributed by atoms with E-state index in [4.69, 9.17) is 0 Å². The van der Waals surface area contributed by atoms with E-state index >= 15 is 0 Å². The maximum absolute atomic E-state index is 9.69. The van der Waals surface area contributed by atoms with Crippen LogP contribution >= 0.6 is 0 Å². The molecule has 0 amide bonds. The van der Waals surface area contributed by atoms with Crippen molar-refractivity contribution in [3.05, 3.63) is 17.5 Å². The molecule has 0 saturated carbocycles. The SMILES string of the molecule is CCc1cc(CC(O)C(O)CC)n(C)n1. The summed E-state index contributed by atoms with van der Waals surface area (Å²) in [5.41, 5.74) is 1.98. The summed E-state index contributed by atoms with van der Waals surface area (Å²) in [7, 11) is 1.86. The summed E-state index contributed by atoms with van der Waals surface area (Å²) in [5, 5.41) is 23.4. The molecule has 0 radical (unpaired) electrons. The van der Waals surface area contributed by atoms with Crippen LogP contribution in [0.1, 0.15) is 31.7 Å². The van der Waals surface area contributed by atoms with Gasteiger partial charge in [-0.2, -0.15) is 5.10 Å². The summed E-state index contributed by atoms with van der Waals surface area (Å²) in [6.45, 7) is 3.90. The van der Waals surface area contributed by atoms with Crippen molar-refractivity contribution in [2.24, 2.45) is 7.05 Å². The van der Waals surface area contributed by atoms with Crippen LogP contribution in [-0.4, -0.2) is 32.2 Å². The molecule has 0 fully saturated rings. The van der Waals surface area contributed by atoms with E-state index in [1.807, 2.05) is 27.0 Å². The number of hydrogen-bond acceptors (Lipinski definition) is 3. The third-order valence-electron chi connectivity index (χ3n) is 2.67. The highest BCUT2D eigenvalue weighted by atomic mass is 16.3. The Morgan fingerprint density at radius 3 is 2.47 bits per heavy atom. The maximum atomic E-state index is 9.69. The Morgan fingerprint density at radius 1 is 1.33 bits per heavy atom. The lowest BCUT2D eigenvalue weighted by Crippen LogP contribution is -2.27. The van der Waals surface area contributed by atoms with Gasteiger partial charge in [0.15, 0.2) is 0 Å². The topological polar surface area (TPSA) is 58.3 Å². The Kier molecular flexibility index (Phi) is 4.29. The second-order valence-electron chi connectivity index (χ2n) is 3.85. The van der Waals surface area contributed by atoms with E-state index < -0.39 is 12.2 Å². The second kappa shape index (κ2) is 5.28. The van der Waals surface area contributed by atoms with Gasteiger partial charge in [-0.1, -0.05) is 13.8 Å². The van der Waals surface area contributed by atoms with Crippen LogP contribution in [0.2, 0.25) is 0 Å². The number of aliphatic hydroxyl groups is 2. The summed E-state index contributed by atoms with van der Waals surface area (Å²) >= 11 is 0. The Hall–Kier alpha value is -0.870. The minimum Gasteiger partial charge on any atom is -0.390 e. The van der Waals surface area contributed by atoms with Crippen LogP contribution in [0.3, 0.4) is 0 Å². The molecule has 86 valence electrons. The van der Waals surface area contributed by atoms with Crippen molar-refractivity contribution >= 4 is 0 Å². The Balaban J connectivity index is 2.67. The van der Waals surface area contributed by atoms with Crippen molar-refractivity contribution in [2.75, 3.05) is 0 Å². The summed E-state index contributed by atoms with van der Waals surface area (Å²) in [6, 6.07) is 1.98. The van der Waals surface area contributed by atoms with Crippen LogP contribution in [0.25, 0.3) is 0 Å². The molecule has 0 aliphatic heterocycles. The molecule has 1 heterocycles. The molecule has 0 bridgehead atoms.